The lowest BCUT2D eigenvalue weighted by atomic mass is 10.5. The van der Waals surface area contributed by atoms with Crippen LogP contribution in [0.15, 0.2) is 12.4 Å². The zero-order valence-corrected chi connectivity index (χ0v) is 6.20. The van der Waals surface area contributed by atoms with E-state index in [4.69, 9.17) is 5.73 Å². The molecule has 3 nitrogen and oxygen atoms in total. The monoisotopic (exact) mass is 137 g/mol. The average molecular weight is 137 g/mol. The highest BCUT2D eigenvalue weighted by Gasteiger charge is 1.95. The first-order valence-electron chi connectivity index (χ1n) is 3.14. The number of hydrogen-bond acceptors (Lipinski definition) is 2. The van der Waals surface area contributed by atoms with Crippen molar-refractivity contribution < 1.29 is 0 Å². The molecule has 1 aromatic rings. The molecule has 0 saturated carbocycles. The highest BCUT2D eigenvalue weighted by molar-refractivity contribution is 5.26. The van der Waals surface area contributed by atoms with Crippen LogP contribution in [0.4, 0.5) is 0 Å². The van der Waals surface area contributed by atoms with Crippen LogP contribution in [-0.2, 0) is 0 Å². The molecule has 0 aliphatic carbocycles. The van der Waals surface area contributed by atoms with Gasteiger partial charge in [-0.15, -0.1) is 0 Å². The molecule has 0 aliphatic heterocycles. The van der Waals surface area contributed by atoms with Crippen LogP contribution in [0.2, 0.25) is 0 Å². The van der Waals surface area contributed by atoms with Crippen molar-refractivity contribution in [3.8, 4) is 0 Å². The fourth-order valence-corrected chi connectivity index (χ4v) is 0.878. The lowest BCUT2D eigenvalue weighted by Crippen LogP contribution is -1.93. The highest BCUT2D eigenvalue weighted by Crippen LogP contribution is 2.01. The maximum Gasteiger partial charge on any atom is 0.109 e. The summed E-state index contributed by atoms with van der Waals surface area (Å²) in [5, 5.41) is 0. The molecule has 3 heteroatoms. The minimum absolute atomic E-state index is 0.958. The molecule has 0 bridgehead atoms. The maximum absolute atomic E-state index is 5.23. The molecule has 0 amide bonds. The summed E-state index contributed by atoms with van der Waals surface area (Å²) < 4.78 is 1.93. The quantitative estimate of drug-likeness (QED) is 0.624. The van der Waals surface area contributed by atoms with Gasteiger partial charge in [-0.2, -0.15) is 0 Å². The summed E-state index contributed by atoms with van der Waals surface area (Å²) in [6.45, 7) is 3.92. The number of aromatic nitrogens is 2. The lowest BCUT2D eigenvalue weighted by Gasteiger charge is -1.97. The third-order valence-corrected chi connectivity index (χ3v) is 1.40. The van der Waals surface area contributed by atoms with Crippen LogP contribution < -0.4 is 5.73 Å². The molecule has 1 heterocycles. The fourth-order valence-electron chi connectivity index (χ4n) is 0.878. The molecule has 10 heavy (non-hydrogen) atoms. The van der Waals surface area contributed by atoms with Crippen molar-refractivity contribution in [2.45, 2.75) is 13.8 Å². The molecule has 0 aromatic carbocycles. The highest BCUT2D eigenvalue weighted by atomic mass is 15.1. The molecule has 1 rings (SSSR count). The molecule has 0 fully saturated rings. The van der Waals surface area contributed by atoms with Gasteiger partial charge in [0.05, 0.1) is 0 Å². The van der Waals surface area contributed by atoms with Crippen molar-refractivity contribution in [3.05, 3.63) is 23.9 Å². The standard InChI is InChI=1S/C7H11N3/c1-6-5-9-7(2)10(6)4-3-8/h3-5H,8H2,1-2H3/b4-3-. The molecule has 0 aliphatic rings. The van der Waals surface area contributed by atoms with Gasteiger partial charge in [-0.1, -0.05) is 0 Å². The Morgan fingerprint density at radius 1 is 1.60 bits per heavy atom. The summed E-state index contributed by atoms with van der Waals surface area (Å²) in [4.78, 5) is 4.09. The van der Waals surface area contributed by atoms with Crippen molar-refractivity contribution in [2.75, 3.05) is 0 Å². The van der Waals surface area contributed by atoms with Crippen LogP contribution in [0, 0.1) is 13.8 Å². The van der Waals surface area contributed by atoms with Gasteiger partial charge in [-0.3, -0.25) is 0 Å². The van der Waals surface area contributed by atoms with Gasteiger partial charge in [0, 0.05) is 24.3 Å². The minimum atomic E-state index is 0.958. The second-order valence-electron chi connectivity index (χ2n) is 2.16. The first-order valence-corrected chi connectivity index (χ1v) is 3.14. The second kappa shape index (κ2) is 2.56. The Bertz CT molecular complexity index is 228. The molecule has 2 N–H and O–H groups in total. The van der Waals surface area contributed by atoms with E-state index in [2.05, 4.69) is 4.98 Å². The molecule has 0 atom stereocenters. The van der Waals surface area contributed by atoms with E-state index in [-0.39, 0.29) is 0 Å². The first kappa shape index (κ1) is 6.86. The average Bonchev–Trinajstić information content (AvgIpc) is 2.20. The summed E-state index contributed by atoms with van der Waals surface area (Å²) in [5.41, 5.74) is 6.32. The Labute approximate surface area is 60.2 Å². The van der Waals surface area contributed by atoms with E-state index >= 15 is 0 Å². The van der Waals surface area contributed by atoms with Gasteiger partial charge in [0.2, 0.25) is 0 Å². The van der Waals surface area contributed by atoms with Crippen molar-refractivity contribution in [1.29, 1.82) is 0 Å². The smallest absolute Gasteiger partial charge is 0.109 e. The van der Waals surface area contributed by atoms with Crippen LogP contribution in [0.5, 0.6) is 0 Å². The normalized spacial score (nSPS) is 11.0. The second-order valence-corrected chi connectivity index (χ2v) is 2.16. The van der Waals surface area contributed by atoms with Gasteiger partial charge < -0.3 is 10.3 Å². The SMILES string of the molecule is Cc1cnc(C)n1/C=C\N. The van der Waals surface area contributed by atoms with Crippen molar-refractivity contribution in [2.24, 2.45) is 5.73 Å². The van der Waals surface area contributed by atoms with Crippen LogP contribution in [0.3, 0.4) is 0 Å². The largest absolute Gasteiger partial charge is 0.403 e. The third kappa shape index (κ3) is 1.03. The minimum Gasteiger partial charge on any atom is -0.403 e. The predicted molar refractivity (Wildman–Crippen MR) is 41.2 cm³/mol. The van der Waals surface area contributed by atoms with E-state index < -0.39 is 0 Å². The van der Waals surface area contributed by atoms with Gasteiger partial charge in [0.15, 0.2) is 0 Å². The molecule has 0 unspecified atom stereocenters. The number of rotatable bonds is 1. The summed E-state index contributed by atoms with van der Waals surface area (Å²) in [6.07, 6.45) is 5.11. The van der Waals surface area contributed by atoms with Gasteiger partial charge >= 0.3 is 0 Å². The first-order chi connectivity index (χ1) is 4.75. The van der Waals surface area contributed by atoms with Crippen molar-refractivity contribution >= 4 is 6.20 Å². The fraction of sp³-hybridized carbons (Fsp3) is 0.286. The van der Waals surface area contributed by atoms with Gasteiger partial charge in [0.1, 0.15) is 5.82 Å². The molecule has 0 saturated heterocycles. The summed E-state index contributed by atoms with van der Waals surface area (Å²) >= 11 is 0. The van der Waals surface area contributed by atoms with E-state index in [1.54, 1.807) is 6.20 Å². The van der Waals surface area contributed by atoms with Crippen LogP contribution in [-0.4, -0.2) is 9.55 Å². The Balaban J connectivity index is 3.10. The number of imidazole rings is 1. The van der Waals surface area contributed by atoms with E-state index in [9.17, 15) is 0 Å². The Kier molecular flexibility index (Phi) is 1.76. The predicted octanol–water partition coefficient (Wildman–Crippen LogP) is 0.887. The number of hydrogen-bond donors (Lipinski definition) is 1. The van der Waals surface area contributed by atoms with Crippen LogP contribution in [0.1, 0.15) is 11.5 Å². The summed E-state index contributed by atoms with van der Waals surface area (Å²) in [7, 11) is 0. The lowest BCUT2D eigenvalue weighted by molar-refractivity contribution is 0.992. The molecule has 0 spiro atoms. The molecular formula is C7H11N3. The summed E-state index contributed by atoms with van der Waals surface area (Å²) in [5.74, 6) is 0.958. The van der Waals surface area contributed by atoms with E-state index in [1.165, 1.54) is 6.20 Å². The van der Waals surface area contributed by atoms with Gasteiger partial charge in [-0.25, -0.2) is 4.98 Å². The van der Waals surface area contributed by atoms with E-state index in [0.29, 0.717) is 0 Å². The van der Waals surface area contributed by atoms with Gasteiger partial charge in [0.25, 0.3) is 0 Å². The number of nitrogens with two attached hydrogens (primary N) is 1. The molecule has 1 aromatic heterocycles. The molecule has 0 radical (unpaired) electrons. The summed E-state index contributed by atoms with van der Waals surface area (Å²) in [6, 6.07) is 0. The number of aryl methyl sites for hydroxylation is 2. The van der Waals surface area contributed by atoms with E-state index in [0.717, 1.165) is 11.5 Å². The van der Waals surface area contributed by atoms with Crippen molar-refractivity contribution in [3.63, 3.8) is 0 Å². The van der Waals surface area contributed by atoms with E-state index in [1.807, 2.05) is 24.6 Å². The zero-order chi connectivity index (χ0) is 7.56. The van der Waals surface area contributed by atoms with Crippen molar-refractivity contribution in [1.82, 2.24) is 9.55 Å². The third-order valence-electron chi connectivity index (χ3n) is 1.40. The molecule has 54 valence electrons. The Morgan fingerprint density at radius 3 is 2.70 bits per heavy atom. The molecular weight excluding hydrogens is 126 g/mol. The van der Waals surface area contributed by atoms with Gasteiger partial charge in [-0.05, 0) is 13.8 Å². The zero-order valence-electron chi connectivity index (χ0n) is 6.20. The number of nitrogens with zero attached hydrogens (tertiary/aromatic N) is 2. The van der Waals surface area contributed by atoms with Crippen LogP contribution >= 0.6 is 0 Å². The maximum atomic E-state index is 5.23. The topological polar surface area (TPSA) is 43.8 Å². The Hall–Kier alpha value is -1.25. The Morgan fingerprint density at radius 2 is 2.30 bits per heavy atom. The van der Waals surface area contributed by atoms with Crippen LogP contribution in [0.25, 0.3) is 6.20 Å².